The predicted molar refractivity (Wildman–Crippen MR) is 110 cm³/mol. The van der Waals surface area contributed by atoms with Crippen molar-refractivity contribution >= 4 is 5.97 Å². The highest BCUT2D eigenvalue weighted by Gasteiger charge is 2.49. The van der Waals surface area contributed by atoms with Crippen LogP contribution in [0.25, 0.3) is 0 Å². The Bertz CT molecular complexity index is 431. The van der Waals surface area contributed by atoms with Crippen molar-refractivity contribution in [3.8, 4) is 0 Å². The fraction of sp³-hybridized carbons (Fsp3) is 0.955. The molecule has 0 bridgehead atoms. The van der Waals surface area contributed by atoms with Crippen molar-refractivity contribution in [1.29, 1.82) is 0 Å². The molecule has 1 heterocycles. The van der Waals surface area contributed by atoms with E-state index in [-0.39, 0.29) is 13.0 Å². The summed E-state index contributed by atoms with van der Waals surface area (Å²) in [4.78, 5) is 11.8. The lowest BCUT2D eigenvalue weighted by atomic mass is 9.97. The van der Waals surface area contributed by atoms with Crippen LogP contribution in [-0.2, 0) is 14.3 Å². The van der Waals surface area contributed by atoms with Crippen LogP contribution in [0.5, 0.6) is 0 Å². The summed E-state index contributed by atoms with van der Waals surface area (Å²) in [5, 5.41) is 38.9. The van der Waals surface area contributed by atoms with Crippen LogP contribution >= 0.6 is 0 Å². The third-order valence-corrected chi connectivity index (χ3v) is 5.61. The van der Waals surface area contributed by atoms with Crippen LogP contribution < -0.4 is 0 Å². The first-order valence-corrected chi connectivity index (χ1v) is 11.5. The third kappa shape index (κ3) is 10.7. The van der Waals surface area contributed by atoms with Gasteiger partial charge in [0.2, 0.25) is 5.79 Å². The van der Waals surface area contributed by atoms with Gasteiger partial charge in [-0.1, -0.05) is 84.0 Å². The molecule has 7 nitrogen and oxygen atoms in total. The summed E-state index contributed by atoms with van der Waals surface area (Å²) < 4.78 is 9.93. The zero-order valence-corrected chi connectivity index (χ0v) is 18.1. The van der Waals surface area contributed by atoms with Crippen molar-refractivity contribution in [2.24, 2.45) is 0 Å². The van der Waals surface area contributed by atoms with Crippen molar-refractivity contribution in [2.75, 3.05) is 13.2 Å². The number of aliphatic hydroxyl groups is 4. The smallest absolute Gasteiger partial charge is 0.305 e. The van der Waals surface area contributed by atoms with Crippen molar-refractivity contribution in [2.45, 2.75) is 121 Å². The number of ether oxygens (including phenoxy) is 2. The lowest BCUT2D eigenvalue weighted by Gasteiger charge is -2.40. The zero-order chi connectivity index (χ0) is 21.5. The summed E-state index contributed by atoms with van der Waals surface area (Å²) in [5.41, 5.74) is 0. The second kappa shape index (κ2) is 15.1. The lowest BCUT2D eigenvalue weighted by molar-refractivity contribution is -0.332. The summed E-state index contributed by atoms with van der Waals surface area (Å²) in [5.74, 6) is -2.66. The van der Waals surface area contributed by atoms with E-state index in [9.17, 15) is 25.2 Å². The minimum Gasteiger partial charge on any atom is -0.460 e. The SMILES string of the molecule is CCCCCCCCCCCCCCCC(=O)OCC1(O)OCC(O)C(O)C1O. The van der Waals surface area contributed by atoms with E-state index in [1.54, 1.807) is 0 Å². The maximum atomic E-state index is 11.8. The van der Waals surface area contributed by atoms with Crippen LogP contribution in [0.4, 0.5) is 0 Å². The van der Waals surface area contributed by atoms with Gasteiger partial charge in [0.1, 0.15) is 24.9 Å². The molecule has 29 heavy (non-hydrogen) atoms. The molecular formula is C22H42O7. The first kappa shape index (κ1) is 26.3. The Morgan fingerprint density at radius 1 is 0.897 bits per heavy atom. The van der Waals surface area contributed by atoms with Crippen LogP contribution in [0, 0.1) is 0 Å². The standard InChI is InChI=1S/C22H42O7/c1-2-3-4-5-6-7-8-9-10-11-12-13-14-15-19(24)28-17-22(27)21(26)20(25)18(23)16-29-22/h18,20-21,23,25-27H,2-17H2,1H3. The van der Waals surface area contributed by atoms with Gasteiger partial charge in [0.05, 0.1) is 6.61 Å². The third-order valence-electron chi connectivity index (χ3n) is 5.61. The van der Waals surface area contributed by atoms with Gasteiger partial charge in [0, 0.05) is 6.42 Å². The average Bonchev–Trinajstić information content (AvgIpc) is 2.71. The number of carbonyl (C=O) groups excluding carboxylic acids is 1. The summed E-state index contributed by atoms with van der Waals surface area (Å²) in [6.45, 7) is 1.32. The Morgan fingerprint density at radius 2 is 1.38 bits per heavy atom. The van der Waals surface area contributed by atoms with Crippen molar-refractivity contribution in [3.05, 3.63) is 0 Å². The molecule has 1 saturated heterocycles. The van der Waals surface area contributed by atoms with Crippen LogP contribution in [0.2, 0.25) is 0 Å². The van der Waals surface area contributed by atoms with E-state index < -0.39 is 36.7 Å². The van der Waals surface area contributed by atoms with E-state index in [2.05, 4.69) is 6.92 Å². The highest BCUT2D eigenvalue weighted by molar-refractivity contribution is 5.69. The Morgan fingerprint density at radius 3 is 1.90 bits per heavy atom. The summed E-state index contributed by atoms with van der Waals surface area (Å²) in [6.07, 6.45) is 11.6. The first-order valence-electron chi connectivity index (χ1n) is 11.5. The van der Waals surface area contributed by atoms with E-state index >= 15 is 0 Å². The largest absolute Gasteiger partial charge is 0.460 e. The van der Waals surface area contributed by atoms with Gasteiger partial charge in [-0.2, -0.15) is 0 Å². The van der Waals surface area contributed by atoms with E-state index in [0.717, 1.165) is 19.3 Å². The molecule has 4 atom stereocenters. The first-order chi connectivity index (χ1) is 13.9. The summed E-state index contributed by atoms with van der Waals surface area (Å²) in [6, 6.07) is 0. The molecule has 0 aromatic heterocycles. The predicted octanol–water partition coefficient (Wildman–Crippen LogP) is 2.81. The van der Waals surface area contributed by atoms with Gasteiger partial charge >= 0.3 is 5.97 Å². The number of carbonyl (C=O) groups is 1. The maximum absolute atomic E-state index is 11.8. The number of esters is 1. The fourth-order valence-electron chi connectivity index (χ4n) is 3.56. The molecule has 1 rings (SSSR count). The van der Waals surface area contributed by atoms with Gasteiger partial charge in [-0.3, -0.25) is 4.79 Å². The number of hydrogen-bond donors (Lipinski definition) is 4. The van der Waals surface area contributed by atoms with Gasteiger partial charge in [-0.15, -0.1) is 0 Å². The van der Waals surface area contributed by atoms with Crippen molar-refractivity contribution in [3.63, 3.8) is 0 Å². The van der Waals surface area contributed by atoms with Crippen LogP contribution in [0.15, 0.2) is 0 Å². The lowest BCUT2D eigenvalue weighted by Crippen LogP contribution is -2.63. The maximum Gasteiger partial charge on any atom is 0.305 e. The second-order valence-corrected chi connectivity index (χ2v) is 8.31. The minimum atomic E-state index is -2.19. The molecule has 4 N–H and O–H groups in total. The highest BCUT2D eigenvalue weighted by Crippen LogP contribution is 2.24. The summed E-state index contributed by atoms with van der Waals surface area (Å²) in [7, 11) is 0. The van der Waals surface area contributed by atoms with Gasteiger partial charge in [0.25, 0.3) is 0 Å². The summed E-state index contributed by atoms with van der Waals surface area (Å²) >= 11 is 0. The topological polar surface area (TPSA) is 116 Å². The van der Waals surface area contributed by atoms with Crippen LogP contribution in [0.3, 0.4) is 0 Å². The molecule has 0 amide bonds. The van der Waals surface area contributed by atoms with E-state index in [1.165, 1.54) is 64.2 Å². The fourth-order valence-corrected chi connectivity index (χ4v) is 3.56. The molecule has 0 saturated carbocycles. The van der Waals surface area contributed by atoms with Crippen LogP contribution in [0.1, 0.15) is 96.8 Å². The molecule has 1 aliphatic rings. The number of hydrogen-bond acceptors (Lipinski definition) is 7. The quantitative estimate of drug-likeness (QED) is 0.225. The Balaban J connectivity index is 1.95. The van der Waals surface area contributed by atoms with Gasteiger partial charge < -0.3 is 29.9 Å². The van der Waals surface area contributed by atoms with Gasteiger partial charge in [0.15, 0.2) is 0 Å². The normalized spacial score (nSPS) is 27.1. The zero-order valence-electron chi connectivity index (χ0n) is 18.1. The highest BCUT2D eigenvalue weighted by atomic mass is 16.7. The molecule has 172 valence electrons. The molecule has 0 aliphatic carbocycles. The van der Waals surface area contributed by atoms with E-state index in [4.69, 9.17) is 9.47 Å². The average molecular weight is 419 g/mol. The molecule has 0 radical (unpaired) electrons. The molecule has 0 aromatic carbocycles. The molecule has 1 fully saturated rings. The number of rotatable bonds is 16. The number of unbranched alkanes of at least 4 members (excludes halogenated alkanes) is 12. The second-order valence-electron chi connectivity index (χ2n) is 8.31. The van der Waals surface area contributed by atoms with E-state index in [1.807, 2.05) is 0 Å². The van der Waals surface area contributed by atoms with Crippen molar-refractivity contribution < 1.29 is 34.7 Å². The molecule has 0 spiro atoms. The van der Waals surface area contributed by atoms with Gasteiger partial charge in [-0.25, -0.2) is 0 Å². The minimum absolute atomic E-state index is 0.245. The Hall–Kier alpha value is -0.730. The van der Waals surface area contributed by atoms with Crippen molar-refractivity contribution in [1.82, 2.24) is 0 Å². The molecule has 7 heteroatoms. The number of aliphatic hydroxyl groups excluding tert-OH is 3. The monoisotopic (exact) mass is 418 g/mol. The van der Waals surface area contributed by atoms with E-state index in [0.29, 0.717) is 0 Å². The molecule has 4 unspecified atom stereocenters. The molecule has 0 aromatic rings. The van der Waals surface area contributed by atoms with Crippen LogP contribution in [-0.4, -0.2) is 63.7 Å². The Labute approximate surface area is 175 Å². The molecule has 1 aliphatic heterocycles. The van der Waals surface area contributed by atoms with Gasteiger partial charge in [-0.05, 0) is 6.42 Å². The Kier molecular flexibility index (Phi) is 13.7. The molecular weight excluding hydrogens is 376 g/mol.